The minimum Gasteiger partial charge on any atom is -0.496 e. The highest BCUT2D eigenvalue weighted by atomic mass is 16.5. The van der Waals surface area contributed by atoms with Crippen LogP contribution in [0, 0.1) is 13.8 Å². The molecule has 0 aliphatic carbocycles. The number of aromatic nitrogens is 3. The van der Waals surface area contributed by atoms with E-state index < -0.39 is 5.91 Å². The van der Waals surface area contributed by atoms with E-state index in [1.54, 1.807) is 19.5 Å². The Balaban J connectivity index is 2.27. The number of carbonyl (C=O) groups is 1. The molecule has 0 aliphatic rings. The zero-order valence-electron chi connectivity index (χ0n) is 15.3. The lowest BCUT2D eigenvalue weighted by Crippen LogP contribution is -2.14. The van der Waals surface area contributed by atoms with E-state index in [4.69, 9.17) is 16.2 Å². The highest BCUT2D eigenvalue weighted by molar-refractivity contribution is 6.16. The molecule has 3 aromatic heterocycles. The van der Waals surface area contributed by atoms with E-state index in [-0.39, 0.29) is 11.4 Å². The molecule has 4 aromatic rings. The molecule has 136 valence electrons. The number of benzene rings is 1. The summed E-state index contributed by atoms with van der Waals surface area (Å²) in [6, 6.07) is 7.54. The number of hydrogen-bond donors (Lipinski definition) is 2. The standard InChI is InChI=1S/C20H19N5O2/c1-10-6-7-14(27-3)11(2)17(10)25-18-12(15(19(25)21)20(22)26)9-24-13-5-4-8-23-16(13)18/h4-9H,21H2,1-3H3,(H2,22,26). The van der Waals surface area contributed by atoms with Crippen molar-refractivity contribution in [1.82, 2.24) is 14.5 Å². The highest BCUT2D eigenvalue weighted by Gasteiger charge is 2.25. The zero-order chi connectivity index (χ0) is 19.3. The lowest BCUT2D eigenvalue weighted by molar-refractivity contribution is 0.100. The van der Waals surface area contributed by atoms with E-state index in [1.165, 1.54) is 0 Å². The maximum absolute atomic E-state index is 12.2. The van der Waals surface area contributed by atoms with E-state index in [2.05, 4.69) is 9.97 Å². The number of rotatable bonds is 3. The van der Waals surface area contributed by atoms with E-state index in [1.807, 2.05) is 42.7 Å². The van der Waals surface area contributed by atoms with Crippen LogP contribution in [0.15, 0.2) is 36.7 Å². The van der Waals surface area contributed by atoms with Gasteiger partial charge >= 0.3 is 0 Å². The van der Waals surface area contributed by atoms with Crippen molar-refractivity contribution in [2.45, 2.75) is 13.8 Å². The minimum absolute atomic E-state index is 0.242. The van der Waals surface area contributed by atoms with Crippen molar-refractivity contribution in [3.8, 4) is 11.4 Å². The summed E-state index contributed by atoms with van der Waals surface area (Å²) >= 11 is 0. The van der Waals surface area contributed by atoms with Gasteiger partial charge in [-0.25, -0.2) is 0 Å². The van der Waals surface area contributed by atoms with Crippen molar-refractivity contribution in [3.05, 3.63) is 53.3 Å². The van der Waals surface area contributed by atoms with Gasteiger partial charge in [0.25, 0.3) is 5.91 Å². The topological polar surface area (TPSA) is 109 Å². The van der Waals surface area contributed by atoms with Gasteiger partial charge in [-0.3, -0.25) is 19.3 Å². The lowest BCUT2D eigenvalue weighted by Gasteiger charge is -2.17. The predicted octanol–water partition coefficient (Wildman–Crippen LogP) is 2.88. The number of nitrogens with zero attached hydrogens (tertiary/aromatic N) is 3. The quantitative estimate of drug-likeness (QED) is 0.583. The van der Waals surface area contributed by atoms with Crippen molar-refractivity contribution in [3.63, 3.8) is 0 Å². The SMILES string of the molecule is COc1ccc(C)c(-n2c(N)c(C(N)=O)c3cnc4cccnc4c32)c1C. The Morgan fingerprint density at radius 3 is 2.67 bits per heavy atom. The van der Waals surface area contributed by atoms with E-state index in [9.17, 15) is 4.79 Å². The number of primary amides is 1. The minimum atomic E-state index is -0.605. The summed E-state index contributed by atoms with van der Waals surface area (Å²) in [5.41, 5.74) is 17.1. The Hall–Kier alpha value is -3.61. The van der Waals surface area contributed by atoms with E-state index in [0.29, 0.717) is 21.9 Å². The van der Waals surface area contributed by atoms with Gasteiger partial charge in [0.2, 0.25) is 0 Å². The molecule has 0 aliphatic heterocycles. The zero-order valence-corrected chi connectivity index (χ0v) is 15.3. The van der Waals surface area contributed by atoms with Crippen LogP contribution in [-0.4, -0.2) is 27.6 Å². The molecule has 4 rings (SSSR count). The summed E-state index contributed by atoms with van der Waals surface area (Å²) in [6.07, 6.45) is 3.31. The number of hydrogen-bond acceptors (Lipinski definition) is 5. The molecule has 0 saturated heterocycles. The van der Waals surface area contributed by atoms with Gasteiger partial charge in [0.15, 0.2) is 0 Å². The third kappa shape index (κ3) is 2.32. The number of anilines is 1. The normalized spacial score (nSPS) is 11.2. The third-order valence-electron chi connectivity index (χ3n) is 4.86. The lowest BCUT2D eigenvalue weighted by atomic mass is 10.1. The molecule has 0 fully saturated rings. The third-order valence-corrected chi connectivity index (χ3v) is 4.86. The van der Waals surface area contributed by atoms with Crippen LogP contribution in [0.2, 0.25) is 0 Å². The number of nitrogen functional groups attached to an aromatic ring is 1. The number of pyridine rings is 2. The van der Waals surface area contributed by atoms with Gasteiger partial charge in [-0.1, -0.05) is 6.07 Å². The smallest absolute Gasteiger partial charge is 0.253 e. The summed E-state index contributed by atoms with van der Waals surface area (Å²) in [7, 11) is 1.62. The molecule has 1 amide bonds. The Morgan fingerprint density at radius 2 is 1.96 bits per heavy atom. The molecule has 3 heterocycles. The summed E-state index contributed by atoms with van der Waals surface area (Å²) in [5, 5.41) is 0.577. The average Bonchev–Trinajstić information content (AvgIpc) is 2.95. The maximum Gasteiger partial charge on any atom is 0.253 e. The fourth-order valence-corrected chi connectivity index (χ4v) is 3.66. The Bertz CT molecular complexity index is 1230. The monoisotopic (exact) mass is 361 g/mol. The fourth-order valence-electron chi connectivity index (χ4n) is 3.66. The first-order chi connectivity index (χ1) is 13.0. The number of nitrogens with two attached hydrogens (primary N) is 2. The van der Waals surface area contributed by atoms with Gasteiger partial charge in [-0.15, -0.1) is 0 Å². The van der Waals surface area contributed by atoms with E-state index in [0.717, 1.165) is 22.6 Å². The first-order valence-electron chi connectivity index (χ1n) is 8.43. The summed E-state index contributed by atoms with van der Waals surface area (Å²) in [5.74, 6) is 0.382. The predicted molar refractivity (Wildman–Crippen MR) is 105 cm³/mol. The van der Waals surface area contributed by atoms with Gasteiger partial charge < -0.3 is 16.2 Å². The molecule has 0 radical (unpaired) electrons. The summed E-state index contributed by atoms with van der Waals surface area (Å²) in [4.78, 5) is 21.1. The molecule has 0 bridgehead atoms. The maximum atomic E-state index is 12.2. The average molecular weight is 361 g/mol. The first-order valence-corrected chi connectivity index (χ1v) is 8.43. The van der Waals surface area contributed by atoms with Crippen LogP contribution < -0.4 is 16.2 Å². The molecule has 0 atom stereocenters. The van der Waals surface area contributed by atoms with Crippen LogP contribution in [0.5, 0.6) is 5.75 Å². The van der Waals surface area contributed by atoms with Crippen LogP contribution in [0.1, 0.15) is 21.5 Å². The molecule has 0 unspecified atom stereocenters. The van der Waals surface area contributed by atoms with Crippen molar-refractivity contribution < 1.29 is 9.53 Å². The van der Waals surface area contributed by atoms with Crippen molar-refractivity contribution in [2.24, 2.45) is 5.73 Å². The van der Waals surface area contributed by atoms with Gasteiger partial charge in [-0.2, -0.15) is 0 Å². The van der Waals surface area contributed by atoms with Crippen molar-refractivity contribution in [1.29, 1.82) is 0 Å². The second kappa shape index (κ2) is 5.98. The van der Waals surface area contributed by atoms with Crippen LogP contribution in [0.3, 0.4) is 0 Å². The Morgan fingerprint density at radius 1 is 1.19 bits per heavy atom. The molecule has 1 aromatic carbocycles. The van der Waals surface area contributed by atoms with E-state index >= 15 is 0 Å². The molecular weight excluding hydrogens is 342 g/mol. The Labute approximate surface area is 155 Å². The Kier molecular flexibility index (Phi) is 3.73. The van der Waals surface area contributed by atoms with Gasteiger partial charge in [-0.05, 0) is 37.6 Å². The van der Waals surface area contributed by atoms with Crippen LogP contribution in [0.25, 0.3) is 27.6 Å². The van der Waals surface area contributed by atoms with Gasteiger partial charge in [0.05, 0.1) is 29.4 Å². The van der Waals surface area contributed by atoms with Gasteiger partial charge in [0.1, 0.15) is 17.1 Å². The number of amides is 1. The van der Waals surface area contributed by atoms with Crippen LogP contribution in [-0.2, 0) is 0 Å². The fraction of sp³-hybridized carbons (Fsp3) is 0.150. The highest BCUT2D eigenvalue weighted by Crippen LogP contribution is 2.38. The van der Waals surface area contributed by atoms with Crippen LogP contribution >= 0.6 is 0 Å². The summed E-state index contributed by atoms with van der Waals surface area (Å²) in [6.45, 7) is 3.93. The van der Waals surface area contributed by atoms with Gasteiger partial charge in [0, 0.05) is 23.3 Å². The second-order valence-corrected chi connectivity index (χ2v) is 6.41. The molecule has 7 nitrogen and oxygen atoms in total. The molecule has 27 heavy (non-hydrogen) atoms. The second-order valence-electron chi connectivity index (χ2n) is 6.41. The molecule has 0 saturated carbocycles. The summed E-state index contributed by atoms with van der Waals surface area (Å²) < 4.78 is 7.32. The number of fused-ring (bicyclic) bond motifs is 3. The largest absolute Gasteiger partial charge is 0.496 e. The molecule has 4 N–H and O–H groups in total. The molecule has 7 heteroatoms. The molecule has 0 spiro atoms. The number of methoxy groups -OCH3 is 1. The van der Waals surface area contributed by atoms with Crippen LogP contribution in [0.4, 0.5) is 5.82 Å². The van der Waals surface area contributed by atoms with Crippen molar-refractivity contribution in [2.75, 3.05) is 12.8 Å². The number of aryl methyl sites for hydroxylation is 1. The first kappa shape index (κ1) is 16.8. The van der Waals surface area contributed by atoms with Crippen molar-refractivity contribution >= 4 is 33.7 Å². The number of ether oxygens (including phenoxy) is 1. The number of carbonyl (C=O) groups excluding carboxylic acids is 1. The molecular formula is C20H19N5O2.